The van der Waals surface area contributed by atoms with E-state index in [0.29, 0.717) is 18.5 Å². The van der Waals surface area contributed by atoms with Crippen LogP contribution in [-0.4, -0.2) is 84.0 Å². The molecule has 162 valence electrons. The number of morpholine rings is 1. The number of hydrogen-bond acceptors (Lipinski definition) is 5. The van der Waals surface area contributed by atoms with E-state index < -0.39 is 0 Å². The third-order valence-electron chi connectivity index (χ3n) is 7.56. The third kappa shape index (κ3) is 4.37. The molecule has 7 nitrogen and oxygen atoms in total. The maximum Gasteiger partial charge on any atom is 0.227 e. The van der Waals surface area contributed by atoms with Gasteiger partial charge >= 0.3 is 0 Å². The van der Waals surface area contributed by atoms with E-state index in [1.807, 2.05) is 16.9 Å². The van der Waals surface area contributed by atoms with Crippen LogP contribution in [0.4, 0.5) is 0 Å². The van der Waals surface area contributed by atoms with Crippen molar-refractivity contribution in [2.75, 3.05) is 52.5 Å². The number of nitrogens with zero attached hydrogens (tertiary/aromatic N) is 4. The van der Waals surface area contributed by atoms with Gasteiger partial charge in [-0.2, -0.15) is 5.10 Å². The van der Waals surface area contributed by atoms with Crippen LogP contribution in [0.25, 0.3) is 0 Å². The van der Waals surface area contributed by atoms with Gasteiger partial charge in [-0.15, -0.1) is 0 Å². The number of fused-ring (bicyclic) bond motifs is 1. The normalized spacial score (nSPS) is 31.4. The summed E-state index contributed by atoms with van der Waals surface area (Å²) in [6.45, 7) is 12.5. The van der Waals surface area contributed by atoms with Crippen LogP contribution >= 0.6 is 0 Å². The van der Waals surface area contributed by atoms with E-state index >= 15 is 0 Å². The summed E-state index contributed by atoms with van der Waals surface area (Å²) in [4.78, 5) is 18.6. The Morgan fingerprint density at radius 1 is 1.31 bits per heavy atom. The van der Waals surface area contributed by atoms with Crippen molar-refractivity contribution in [3.8, 4) is 0 Å². The summed E-state index contributed by atoms with van der Waals surface area (Å²) in [5.74, 6) is 0.754. The zero-order chi connectivity index (χ0) is 20.3. The first kappa shape index (κ1) is 20.8. The van der Waals surface area contributed by atoms with E-state index in [1.54, 1.807) is 0 Å². The number of hydrogen-bond donors (Lipinski definition) is 1. The molecule has 3 fully saturated rings. The van der Waals surface area contributed by atoms with Crippen LogP contribution in [0, 0.1) is 18.3 Å². The number of likely N-dealkylation sites (tertiary alicyclic amines) is 1. The number of nitrogens with one attached hydrogen (secondary N) is 1. The van der Waals surface area contributed by atoms with Crippen LogP contribution in [0.2, 0.25) is 0 Å². The molecule has 3 atom stereocenters. The summed E-state index contributed by atoms with van der Waals surface area (Å²) in [5, 5.41) is 7.62. The molecule has 1 N–H and O–H groups in total. The molecule has 1 aliphatic carbocycles. The van der Waals surface area contributed by atoms with Crippen molar-refractivity contribution in [1.29, 1.82) is 0 Å². The van der Waals surface area contributed by atoms with Crippen molar-refractivity contribution in [2.24, 2.45) is 11.3 Å². The maximum atomic E-state index is 13.5. The van der Waals surface area contributed by atoms with Crippen LogP contribution in [0.5, 0.6) is 0 Å². The Balaban J connectivity index is 1.42. The van der Waals surface area contributed by atoms with Crippen molar-refractivity contribution in [3.63, 3.8) is 0 Å². The Hall–Kier alpha value is -1.44. The second-order valence-corrected chi connectivity index (χ2v) is 9.04. The average molecular weight is 404 g/mol. The van der Waals surface area contributed by atoms with Gasteiger partial charge in [0.05, 0.1) is 25.2 Å². The third-order valence-corrected chi connectivity index (χ3v) is 7.56. The highest BCUT2D eigenvalue weighted by Gasteiger charge is 2.52. The van der Waals surface area contributed by atoms with Gasteiger partial charge in [0, 0.05) is 44.1 Å². The first-order valence-corrected chi connectivity index (χ1v) is 11.4. The molecule has 4 rings (SSSR count). The number of amides is 1. The summed E-state index contributed by atoms with van der Waals surface area (Å²) in [6, 6.07) is 2.62. The highest BCUT2D eigenvalue weighted by Crippen LogP contribution is 2.47. The van der Waals surface area contributed by atoms with E-state index in [0.717, 1.165) is 83.9 Å². The lowest BCUT2D eigenvalue weighted by Gasteiger charge is -2.53. The standard InChI is InChI=1S/C22H37N5O2/c1-3-25-10-6-19-16-20(26-12-14-29-15-13-26)4-7-22(19,17-25)21(28)23-9-11-27-18(2)5-8-24-27/h5,8,19-20H,3-4,6-7,9-17H2,1-2H3,(H,23,28)/t19-,20+,22-/m1/s1. The van der Waals surface area contributed by atoms with Gasteiger partial charge in [-0.1, -0.05) is 6.92 Å². The van der Waals surface area contributed by atoms with Gasteiger partial charge in [0.25, 0.3) is 0 Å². The molecule has 0 aromatic carbocycles. The van der Waals surface area contributed by atoms with Gasteiger partial charge in [0.15, 0.2) is 0 Å². The fourth-order valence-electron chi connectivity index (χ4n) is 5.72. The molecule has 3 heterocycles. The van der Waals surface area contributed by atoms with Gasteiger partial charge in [-0.25, -0.2) is 0 Å². The lowest BCUT2D eigenvalue weighted by Crippen LogP contribution is -2.61. The largest absolute Gasteiger partial charge is 0.379 e. The Morgan fingerprint density at radius 3 is 2.86 bits per heavy atom. The topological polar surface area (TPSA) is 62.6 Å². The van der Waals surface area contributed by atoms with Gasteiger partial charge < -0.3 is 15.0 Å². The highest BCUT2D eigenvalue weighted by molar-refractivity contribution is 5.83. The molecule has 0 bridgehead atoms. The molecule has 3 aliphatic rings. The summed E-state index contributed by atoms with van der Waals surface area (Å²) >= 11 is 0. The molecule has 0 spiro atoms. The van der Waals surface area contributed by atoms with Crippen LogP contribution in [-0.2, 0) is 16.1 Å². The molecule has 1 saturated carbocycles. The monoisotopic (exact) mass is 403 g/mol. The first-order chi connectivity index (χ1) is 14.1. The molecule has 7 heteroatoms. The summed E-state index contributed by atoms with van der Waals surface area (Å²) in [5.41, 5.74) is 0.909. The fraction of sp³-hybridized carbons (Fsp3) is 0.818. The molecule has 2 aliphatic heterocycles. The number of carbonyl (C=O) groups excluding carboxylic acids is 1. The summed E-state index contributed by atoms with van der Waals surface area (Å²) in [7, 11) is 0. The predicted molar refractivity (Wildman–Crippen MR) is 113 cm³/mol. The lowest BCUT2D eigenvalue weighted by molar-refractivity contribution is -0.145. The molecular formula is C22H37N5O2. The van der Waals surface area contributed by atoms with E-state index in [4.69, 9.17) is 4.74 Å². The molecule has 29 heavy (non-hydrogen) atoms. The van der Waals surface area contributed by atoms with Crippen molar-refractivity contribution in [2.45, 2.75) is 52.1 Å². The number of aromatic nitrogens is 2. The molecule has 2 saturated heterocycles. The minimum absolute atomic E-state index is 0.226. The first-order valence-electron chi connectivity index (χ1n) is 11.4. The van der Waals surface area contributed by atoms with Gasteiger partial charge in [0.2, 0.25) is 5.91 Å². The van der Waals surface area contributed by atoms with Gasteiger partial charge in [0.1, 0.15) is 0 Å². The SMILES string of the molecule is CCN1CC[C@@H]2C[C@@H](N3CCOCC3)CC[C@@]2(C(=O)NCCn2nccc2C)C1. The Kier molecular flexibility index (Phi) is 6.56. The molecule has 1 amide bonds. The van der Waals surface area contributed by atoms with Crippen molar-refractivity contribution in [1.82, 2.24) is 24.9 Å². The lowest BCUT2D eigenvalue weighted by atomic mass is 9.61. The quantitative estimate of drug-likeness (QED) is 0.780. The highest BCUT2D eigenvalue weighted by atomic mass is 16.5. The number of aryl methyl sites for hydroxylation is 1. The van der Waals surface area contributed by atoms with Crippen molar-refractivity contribution < 1.29 is 9.53 Å². The van der Waals surface area contributed by atoms with E-state index in [1.165, 1.54) is 0 Å². The average Bonchev–Trinajstić information content (AvgIpc) is 3.18. The van der Waals surface area contributed by atoms with Gasteiger partial charge in [-0.05, 0) is 57.7 Å². The molecule has 1 aromatic rings. The Morgan fingerprint density at radius 2 is 2.14 bits per heavy atom. The van der Waals surface area contributed by atoms with E-state index in [9.17, 15) is 4.79 Å². The minimum Gasteiger partial charge on any atom is -0.379 e. The van der Waals surface area contributed by atoms with Crippen LogP contribution in [0.15, 0.2) is 12.3 Å². The van der Waals surface area contributed by atoms with Crippen LogP contribution < -0.4 is 5.32 Å². The van der Waals surface area contributed by atoms with Crippen molar-refractivity contribution >= 4 is 5.91 Å². The van der Waals surface area contributed by atoms with E-state index in [2.05, 4.69) is 34.1 Å². The zero-order valence-electron chi connectivity index (χ0n) is 18.1. The van der Waals surface area contributed by atoms with E-state index in [-0.39, 0.29) is 11.3 Å². The fourth-order valence-corrected chi connectivity index (χ4v) is 5.72. The smallest absolute Gasteiger partial charge is 0.227 e. The van der Waals surface area contributed by atoms with Crippen LogP contribution in [0.3, 0.4) is 0 Å². The zero-order valence-corrected chi connectivity index (χ0v) is 18.1. The van der Waals surface area contributed by atoms with Crippen LogP contribution in [0.1, 0.15) is 38.3 Å². The number of piperidine rings is 1. The number of rotatable bonds is 6. The number of ether oxygens (including phenoxy) is 1. The Labute approximate surface area is 174 Å². The minimum atomic E-state index is -0.226. The molecule has 0 radical (unpaired) electrons. The number of carbonyl (C=O) groups is 1. The molecule has 1 aromatic heterocycles. The second kappa shape index (κ2) is 9.14. The predicted octanol–water partition coefficient (Wildman–Crippen LogP) is 1.52. The summed E-state index contributed by atoms with van der Waals surface area (Å²) in [6.07, 6.45) is 6.24. The molecule has 0 unspecified atom stereocenters. The maximum absolute atomic E-state index is 13.5. The van der Waals surface area contributed by atoms with Gasteiger partial charge in [-0.3, -0.25) is 14.4 Å². The van der Waals surface area contributed by atoms with Crippen molar-refractivity contribution in [3.05, 3.63) is 18.0 Å². The Bertz CT molecular complexity index is 686. The molecular weight excluding hydrogens is 366 g/mol. The summed E-state index contributed by atoms with van der Waals surface area (Å²) < 4.78 is 7.51. The second-order valence-electron chi connectivity index (χ2n) is 9.04.